The number of carboxylic acids is 1. The van der Waals surface area contributed by atoms with Crippen molar-refractivity contribution in [1.29, 1.82) is 0 Å². The third-order valence-corrected chi connectivity index (χ3v) is 6.15. The third-order valence-electron chi connectivity index (χ3n) is 4.35. The fraction of sp³-hybridized carbons (Fsp3) is 0.846. The summed E-state index contributed by atoms with van der Waals surface area (Å²) in [6.07, 6.45) is 3.03. The standard InChI is InChI=1S/C13H22N2O5S/c1-10-9-21(19,20)7-6-15(10)12(18)14-13(8-11(16)17)4-2-3-5-13/h10H,2-9H2,1H3,(H,14,18)(H,16,17). The van der Waals surface area contributed by atoms with Gasteiger partial charge in [-0.25, -0.2) is 13.2 Å². The number of aliphatic carboxylic acids is 1. The number of nitrogens with one attached hydrogen (secondary N) is 1. The Balaban J connectivity index is 2.04. The molecule has 8 heteroatoms. The first kappa shape index (κ1) is 16.1. The second-order valence-electron chi connectivity index (χ2n) is 6.14. The Bertz CT molecular complexity index is 525. The second-order valence-corrected chi connectivity index (χ2v) is 8.37. The minimum Gasteiger partial charge on any atom is -0.481 e. The summed E-state index contributed by atoms with van der Waals surface area (Å²) in [4.78, 5) is 24.9. The Hall–Kier alpha value is -1.31. The number of amides is 2. The highest BCUT2D eigenvalue weighted by Crippen LogP contribution is 2.33. The maximum absolute atomic E-state index is 12.4. The predicted octanol–water partition coefficient (Wildman–Crippen LogP) is 0.602. The topological polar surface area (TPSA) is 104 Å². The Kier molecular flexibility index (Phi) is 4.46. The number of nitrogens with zero attached hydrogens (tertiary/aromatic N) is 1. The molecule has 2 fully saturated rings. The van der Waals surface area contributed by atoms with Gasteiger partial charge in [0, 0.05) is 12.6 Å². The third kappa shape index (κ3) is 3.87. The van der Waals surface area contributed by atoms with Gasteiger partial charge in [0.2, 0.25) is 0 Å². The van der Waals surface area contributed by atoms with Crippen LogP contribution in [0.15, 0.2) is 0 Å². The van der Waals surface area contributed by atoms with Crippen molar-refractivity contribution in [3.8, 4) is 0 Å². The van der Waals surface area contributed by atoms with Crippen LogP contribution in [0.1, 0.15) is 39.0 Å². The van der Waals surface area contributed by atoms with Gasteiger partial charge in [0.15, 0.2) is 9.84 Å². The number of urea groups is 1. The molecule has 1 saturated heterocycles. The van der Waals surface area contributed by atoms with Gasteiger partial charge < -0.3 is 15.3 Å². The van der Waals surface area contributed by atoms with Crippen molar-refractivity contribution < 1.29 is 23.1 Å². The van der Waals surface area contributed by atoms with Gasteiger partial charge in [0.25, 0.3) is 0 Å². The number of hydrogen-bond donors (Lipinski definition) is 2. The summed E-state index contributed by atoms with van der Waals surface area (Å²) in [5, 5.41) is 11.9. The average molecular weight is 318 g/mol. The van der Waals surface area contributed by atoms with E-state index in [0.717, 1.165) is 12.8 Å². The minimum absolute atomic E-state index is 0.0311. The van der Waals surface area contributed by atoms with Crippen LogP contribution in [0, 0.1) is 0 Å². The normalized spacial score (nSPS) is 27.3. The molecule has 1 saturated carbocycles. The summed E-state index contributed by atoms with van der Waals surface area (Å²) >= 11 is 0. The summed E-state index contributed by atoms with van der Waals surface area (Å²) < 4.78 is 23.1. The van der Waals surface area contributed by atoms with Crippen molar-refractivity contribution in [3.05, 3.63) is 0 Å². The van der Waals surface area contributed by atoms with Crippen LogP contribution in [0.3, 0.4) is 0 Å². The zero-order chi connectivity index (χ0) is 15.7. The fourth-order valence-electron chi connectivity index (χ4n) is 3.29. The first-order chi connectivity index (χ1) is 9.73. The maximum atomic E-state index is 12.4. The lowest BCUT2D eigenvalue weighted by molar-refractivity contribution is -0.138. The summed E-state index contributed by atoms with van der Waals surface area (Å²) in [5.41, 5.74) is -0.682. The van der Waals surface area contributed by atoms with Crippen molar-refractivity contribution in [3.63, 3.8) is 0 Å². The van der Waals surface area contributed by atoms with Gasteiger partial charge in [-0.3, -0.25) is 4.79 Å². The molecule has 2 rings (SSSR count). The first-order valence-corrected chi connectivity index (χ1v) is 9.06. The molecule has 1 atom stereocenters. The summed E-state index contributed by atoms with van der Waals surface area (Å²) in [6, 6.07) is -0.729. The Morgan fingerprint density at radius 3 is 2.48 bits per heavy atom. The summed E-state index contributed by atoms with van der Waals surface area (Å²) in [6.45, 7) is 1.87. The lowest BCUT2D eigenvalue weighted by atomic mass is 9.93. The second kappa shape index (κ2) is 5.82. The highest BCUT2D eigenvalue weighted by molar-refractivity contribution is 7.91. The van der Waals surface area contributed by atoms with E-state index in [2.05, 4.69) is 5.32 Å². The number of hydrogen-bond acceptors (Lipinski definition) is 4. The smallest absolute Gasteiger partial charge is 0.318 e. The minimum atomic E-state index is -3.08. The van der Waals surface area contributed by atoms with Gasteiger partial charge in [-0.15, -0.1) is 0 Å². The van der Waals surface area contributed by atoms with Crippen LogP contribution in [0.2, 0.25) is 0 Å². The fourth-order valence-corrected chi connectivity index (χ4v) is 4.84. The van der Waals surface area contributed by atoms with Crippen molar-refractivity contribution in [2.75, 3.05) is 18.1 Å². The van der Waals surface area contributed by atoms with Gasteiger partial charge in [-0.05, 0) is 19.8 Å². The van der Waals surface area contributed by atoms with E-state index < -0.39 is 21.3 Å². The molecule has 2 N–H and O–H groups in total. The molecule has 7 nitrogen and oxygen atoms in total. The largest absolute Gasteiger partial charge is 0.481 e. The quantitative estimate of drug-likeness (QED) is 0.793. The molecule has 0 aromatic carbocycles. The van der Waals surface area contributed by atoms with Crippen molar-refractivity contribution in [1.82, 2.24) is 10.2 Å². The SMILES string of the molecule is CC1CS(=O)(=O)CCN1C(=O)NC1(CC(=O)O)CCCC1. The molecule has 0 aromatic heterocycles. The molecule has 0 radical (unpaired) electrons. The van der Waals surface area contributed by atoms with E-state index in [0.29, 0.717) is 12.8 Å². The van der Waals surface area contributed by atoms with Gasteiger partial charge in [-0.2, -0.15) is 0 Å². The van der Waals surface area contributed by atoms with Crippen LogP contribution in [-0.4, -0.2) is 60.1 Å². The Labute approximate surface area is 124 Å². The zero-order valence-corrected chi connectivity index (χ0v) is 13.0. The number of carboxylic acid groups (broad SMARTS) is 1. The molecule has 1 aliphatic heterocycles. The molecule has 1 unspecified atom stereocenters. The molecular formula is C13H22N2O5S. The van der Waals surface area contributed by atoms with Gasteiger partial charge >= 0.3 is 12.0 Å². The van der Waals surface area contributed by atoms with Gasteiger partial charge in [0.1, 0.15) is 0 Å². The molecule has 1 heterocycles. The average Bonchev–Trinajstić information content (AvgIpc) is 2.74. The van der Waals surface area contributed by atoms with Crippen molar-refractivity contribution in [2.24, 2.45) is 0 Å². The molecular weight excluding hydrogens is 296 g/mol. The number of rotatable bonds is 3. The summed E-state index contributed by atoms with van der Waals surface area (Å²) in [7, 11) is -3.08. The molecule has 2 amide bonds. The molecule has 0 bridgehead atoms. The molecule has 1 aliphatic carbocycles. The lowest BCUT2D eigenvalue weighted by Crippen LogP contribution is -2.58. The number of sulfone groups is 1. The van der Waals surface area contributed by atoms with Crippen LogP contribution in [0.5, 0.6) is 0 Å². The summed E-state index contributed by atoms with van der Waals surface area (Å²) in [5.74, 6) is -0.991. The maximum Gasteiger partial charge on any atom is 0.318 e. The molecule has 0 aromatic rings. The van der Waals surface area contributed by atoms with E-state index in [-0.39, 0.29) is 36.5 Å². The number of carbonyl (C=O) groups excluding carboxylic acids is 1. The Morgan fingerprint density at radius 2 is 1.95 bits per heavy atom. The Morgan fingerprint density at radius 1 is 1.33 bits per heavy atom. The van der Waals surface area contributed by atoms with E-state index in [9.17, 15) is 18.0 Å². The molecule has 0 spiro atoms. The van der Waals surface area contributed by atoms with E-state index in [4.69, 9.17) is 5.11 Å². The van der Waals surface area contributed by atoms with Crippen LogP contribution < -0.4 is 5.32 Å². The van der Waals surface area contributed by atoms with Gasteiger partial charge in [0.05, 0.1) is 23.5 Å². The number of carbonyl (C=O) groups is 2. The van der Waals surface area contributed by atoms with Crippen LogP contribution in [-0.2, 0) is 14.6 Å². The van der Waals surface area contributed by atoms with Crippen LogP contribution >= 0.6 is 0 Å². The molecule has 2 aliphatic rings. The van der Waals surface area contributed by atoms with E-state index in [1.54, 1.807) is 6.92 Å². The van der Waals surface area contributed by atoms with E-state index in [1.165, 1.54) is 4.90 Å². The highest BCUT2D eigenvalue weighted by Gasteiger charge is 2.40. The van der Waals surface area contributed by atoms with E-state index >= 15 is 0 Å². The van der Waals surface area contributed by atoms with E-state index in [1.807, 2.05) is 0 Å². The molecule has 21 heavy (non-hydrogen) atoms. The zero-order valence-electron chi connectivity index (χ0n) is 12.2. The first-order valence-electron chi connectivity index (χ1n) is 7.24. The predicted molar refractivity (Wildman–Crippen MR) is 76.8 cm³/mol. The monoisotopic (exact) mass is 318 g/mol. The van der Waals surface area contributed by atoms with Crippen LogP contribution in [0.25, 0.3) is 0 Å². The van der Waals surface area contributed by atoms with Crippen LogP contribution in [0.4, 0.5) is 4.79 Å². The van der Waals surface area contributed by atoms with Crippen molar-refractivity contribution in [2.45, 2.75) is 50.6 Å². The molecule has 120 valence electrons. The van der Waals surface area contributed by atoms with Gasteiger partial charge in [-0.1, -0.05) is 12.8 Å². The van der Waals surface area contributed by atoms with Crippen molar-refractivity contribution >= 4 is 21.8 Å². The lowest BCUT2D eigenvalue weighted by Gasteiger charge is -2.37. The highest BCUT2D eigenvalue weighted by atomic mass is 32.2.